The number of methoxy groups -OCH3 is 1. The van der Waals surface area contributed by atoms with Crippen LogP contribution in [0.5, 0.6) is 5.75 Å². The average Bonchev–Trinajstić information content (AvgIpc) is 3.09. The number of carbonyl (C=O) groups excluding carboxylic acids is 1. The van der Waals surface area contributed by atoms with Crippen molar-refractivity contribution in [3.63, 3.8) is 0 Å². The summed E-state index contributed by atoms with van der Waals surface area (Å²) in [4.78, 5) is 12.3. The summed E-state index contributed by atoms with van der Waals surface area (Å²) in [6, 6.07) is 13.2. The van der Waals surface area contributed by atoms with Crippen molar-refractivity contribution in [3.05, 3.63) is 54.3 Å². The Labute approximate surface area is 164 Å². The van der Waals surface area contributed by atoms with Crippen LogP contribution in [0.25, 0.3) is 0 Å². The molecule has 1 amide bonds. The second-order valence-electron chi connectivity index (χ2n) is 5.49. The molecule has 2 aromatic carbocycles. The van der Waals surface area contributed by atoms with E-state index in [2.05, 4.69) is 20.8 Å². The first kappa shape index (κ1) is 19.1. The molecule has 6 nitrogen and oxygen atoms in total. The van der Waals surface area contributed by atoms with Crippen molar-refractivity contribution in [3.8, 4) is 5.75 Å². The normalized spacial score (nSPS) is 11.7. The lowest BCUT2D eigenvalue weighted by Gasteiger charge is -2.10. The summed E-state index contributed by atoms with van der Waals surface area (Å²) in [6.45, 7) is 1.76. The molecule has 0 aliphatic carbocycles. The molecule has 1 unspecified atom stereocenters. The van der Waals surface area contributed by atoms with E-state index in [1.54, 1.807) is 26.2 Å². The molecular weight excluding hydrogens is 387 g/mol. The summed E-state index contributed by atoms with van der Waals surface area (Å²) in [5.74, 6) is 0.143. The highest BCUT2D eigenvalue weighted by Gasteiger charge is 2.17. The fourth-order valence-electron chi connectivity index (χ4n) is 2.12. The van der Waals surface area contributed by atoms with E-state index >= 15 is 0 Å². The summed E-state index contributed by atoms with van der Waals surface area (Å²) in [6.07, 6.45) is 0. The molecule has 3 rings (SSSR count). The lowest BCUT2D eigenvalue weighted by molar-refractivity contribution is -0.115. The minimum Gasteiger partial charge on any atom is -0.497 e. The number of nitrogens with zero attached hydrogens (tertiary/aromatic N) is 2. The van der Waals surface area contributed by atoms with Gasteiger partial charge in [-0.15, -0.1) is 10.2 Å². The molecule has 0 saturated carbocycles. The molecule has 0 aliphatic heterocycles. The summed E-state index contributed by atoms with van der Waals surface area (Å²) >= 11 is 2.64. The third-order valence-electron chi connectivity index (χ3n) is 3.49. The molecule has 0 fully saturated rings. The van der Waals surface area contributed by atoms with E-state index in [0.29, 0.717) is 15.2 Å². The fourth-order valence-corrected chi connectivity index (χ4v) is 4.04. The van der Waals surface area contributed by atoms with Gasteiger partial charge in [0.15, 0.2) is 4.34 Å². The third kappa shape index (κ3) is 5.41. The quantitative estimate of drug-likeness (QED) is 0.563. The van der Waals surface area contributed by atoms with Crippen molar-refractivity contribution in [2.45, 2.75) is 16.5 Å². The summed E-state index contributed by atoms with van der Waals surface area (Å²) < 4.78 is 19.0. The van der Waals surface area contributed by atoms with Crippen LogP contribution in [0.1, 0.15) is 6.92 Å². The van der Waals surface area contributed by atoms with Crippen LogP contribution < -0.4 is 15.4 Å². The maximum atomic E-state index is 13.2. The molecule has 1 heterocycles. The molecule has 2 N–H and O–H groups in total. The van der Waals surface area contributed by atoms with Gasteiger partial charge in [0.25, 0.3) is 0 Å². The molecule has 0 saturated heterocycles. The van der Waals surface area contributed by atoms with Gasteiger partial charge in [-0.05, 0) is 49.4 Å². The standard InChI is InChI=1S/C18H17FN4O2S2/c1-11(16(24)20-14-5-3-4-12(19)10-14)26-18-23-22-17(27-18)21-13-6-8-15(25-2)9-7-13/h3-11H,1-2H3,(H,20,24)(H,21,22). The Morgan fingerprint density at radius 1 is 1.19 bits per heavy atom. The van der Waals surface area contributed by atoms with Gasteiger partial charge in [-0.3, -0.25) is 4.79 Å². The van der Waals surface area contributed by atoms with Gasteiger partial charge < -0.3 is 15.4 Å². The van der Waals surface area contributed by atoms with Crippen LogP contribution in [0, 0.1) is 5.82 Å². The second-order valence-corrected chi connectivity index (χ2v) is 8.05. The van der Waals surface area contributed by atoms with E-state index < -0.39 is 11.1 Å². The molecule has 0 spiro atoms. The summed E-state index contributed by atoms with van der Waals surface area (Å²) in [5, 5.41) is 14.2. The Balaban J connectivity index is 1.56. The predicted molar refractivity (Wildman–Crippen MR) is 107 cm³/mol. The number of halogens is 1. The molecule has 1 aromatic heterocycles. The first-order chi connectivity index (χ1) is 13.0. The smallest absolute Gasteiger partial charge is 0.237 e. The first-order valence-corrected chi connectivity index (χ1v) is 9.71. The molecule has 1 atom stereocenters. The van der Waals surface area contributed by atoms with E-state index in [0.717, 1.165) is 11.4 Å². The lowest BCUT2D eigenvalue weighted by atomic mass is 10.3. The molecule has 0 radical (unpaired) electrons. The highest BCUT2D eigenvalue weighted by molar-refractivity contribution is 8.02. The highest BCUT2D eigenvalue weighted by atomic mass is 32.2. The van der Waals surface area contributed by atoms with Crippen molar-refractivity contribution in [2.75, 3.05) is 17.7 Å². The van der Waals surface area contributed by atoms with Gasteiger partial charge in [0.1, 0.15) is 11.6 Å². The topological polar surface area (TPSA) is 76.1 Å². The lowest BCUT2D eigenvalue weighted by Crippen LogP contribution is -2.22. The average molecular weight is 404 g/mol. The predicted octanol–water partition coefficient (Wildman–Crippen LogP) is 4.55. The molecular formula is C18H17FN4O2S2. The minimum absolute atomic E-state index is 0.231. The van der Waals surface area contributed by atoms with Gasteiger partial charge in [0.05, 0.1) is 12.4 Å². The zero-order valence-corrected chi connectivity index (χ0v) is 16.2. The molecule has 3 aromatic rings. The number of ether oxygens (including phenoxy) is 1. The Bertz CT molecular complexity index is 918. The number of nitrogens with one attached hydrogen (secondary N) is 2. The van der Waals surface area contributed by atoms with Gasteiger partial charge in [0.2, 0.25) is 11.0 Å². The minimum atomic E-state index is -0.407. The maximum Gasteiger partial charge on any atom is 0.237 e. The molecule has 0 aliphatic rings. The number of benzene rings is 2. The van der Waals surface area contributed by atoms with Crippen molar-refractivity contribution in [1.29, 1.82) is 0 Å². The first-order valence-electron chi connectivity index (χ1n) is 8.01. The number of thioether (sulfide) groups is 1. The number of hydrogen-bond donors (Lipinski definition) is 2. The van der Waals surface area contributed by atoms with Crippen LogP contribution >= 0.6 is 23.1 Å². The van der Waals surface area contributed by atoms with Gasteiger partial charge in [-0.25, -0.2) is 4.39 Å². The number of amides is 1. The van der Waals surface area contributed by atoms with E-state index in [1.807, 2.05) is 24.3 Å². The van der Waals surface area contributed by atoms with Crippen molar-refractivity contribution in [1.82, 2.24) is 10.2 Å². The number of aromatic nitrogens is 2. The van der Waals surface area contributed by atoms with Crippen LogP contribution in [0.2, 0.25) is 0 Å². The van der Waals surface area contributed by atoms with E-state index in [-0.39, 0.29) is 5.91 Å². The number of rotatable bonds is 7. The Morgan fingerprint density at radius 2 is 1.96 bits per heavy atom. The molecule has 0 bridgehead atoms. The van der Waals surface area contributed by atoms with Crippen LogP contribution in [0.4, 0.5) is 20.9 Å². The third-order valence-corrected chi connectivity index (χ3v) is 5.51. The highest BCUT2D eigenvalue weighted by Crippen LogP contribution is 2.31. The van der Waals surface area contributed by atoms with Crippen molar-refractivity contribution in [2.24, 2.45) is 0 Å². The Morgan fingerprint density at radius 3 is 2.67 bits per heavy atom. The SMILES string of the molecule is COc1ccc(Nc2nnc(SC(C)C(=O)Nc3cccc(F)c3)s2)cc1. The number of hydrogen-bond acceptors (Lipinski definition) is 7. The second kappa shape index (κ2) is 8.83. The summed E-state index contributed by atoms with van der Waals surface area (Å²) in [7, 11) is 1.61. The maximum absolute atomic E-state index is 13.2. The molecule has 27 heavy (non-hydrogen) atoms. The van der Waals surface area contributed by atoms with E-state index in [9.17, 15) is 9.18 Å². The monoisotopic (exact) mass is 404 g/mol. The largest absolute Gasteiger partial charge is 0.497 e. The van der Waals surface area contributed by atoms with Gasteiger partial charge >= 0.3 is 0 Å². The van der Waals surface area contributed by atoms with Gasteiger partial charge in [0, 0.05) is 11.4 Å². The van der Waals surface area contributed by atoms with Crippen molar-refractivity contribution < 1.29 is 13.9 Å². The van der Waals surface area contributed by atoms with E-state index in [4.69, 9.17) is 4.74 Å². The van der Waals surface area contributed by atoms with Crippen LogP contribution in [0.3, 0.4) is 0 Å². The molecule has 9 heteroatoms. The van der Waals surface area contributed by atoms with Crippen LogP contribution in [-0.2, 0) is 4.79 Å². The summed E-state index contributed by atoms with van der Waals surface area (Å²) in [5.41, 5.74) is 1.28. The molecule has 140 valence electrons. The van der Waals surface area contributed by atoms with Crippen molar-refractivity contribution >= 4 is 45.5 Å². The van der Waals surface area contributed by atoms with Gasteiger partial charge in [-0.1, -0.05) is 29.2 Å². The number of carbonyl (C=O) groups is 1. The van der Waals surface area contributed by atoms with E-state index in [1.165, 1.54) is 35.2 Å². The van der Waals surface area contributed by atoms with Crippen LogP contribution in [-0.4, -0.2) is 28.5 Å². The fraction of sp³-hybridized carbons (Fsp3) is 0.167. The van der Waals surface area contributed by atoms with Crippen LogP contribution in [0.15, 0.2) is 52.9 Å². The number of anilines is 3. The Kier molecular flexibility index (Phi) is 6.25. The van der Waals surface area contributed by atoms with Gasteiger partial charge in [-0.2, -0.15) is 0 Å². The zero-order chi connectivity index (χ0) is 19.2. The Hall–Kier alpha value is -2.65. The zero-order valence-electron chi connectivity index (χ0n) is 14.6.